The molecule has 2 aliphatic rings. The molecule has 0 spiro atoms. The number of benzene rings is 1. The highest BCUT2D eigenvalue weighted by atomic mass is 16.6. The highest BCUT2D eigenvalue weighted by Gasteiger charge is 2.21. The highest BCUT2D eigenvalue weighted by molar-refractivity contribution is 6.00. The fraction of sp³-hybridized carbons (Fsp3) is 0.278. The van der Waals surface area contributed by atoms with Crippen molar-refractivity contribution in [1.82, 2.24) is 19.9 Å². The van der Waals surface area contributed by atoms with Crippen molar-refractivity contribution in [3.63, 3.8) is 0 Å². The molecule has 0 fully saturated rings. The molecule has 2 N–H and O–H groups in total. The number of non-ortho nitro benzene ring substituents is 1. The van der Waals surface area contributed by atoms with E-state index < -0.39 is 0 Å². The highest BCUT2D eigenvalue weighted by Crippen LogP contribution is 2.39. The van der Waals surface area contributed by atoms with Gasteiger partial charge in [-0.2, -0.15) is 0 Å². The summed E-state index contributed by atoms with van der Waals surface area (Å²) in [5.74, 6) is 0. The van der Waals surface area contributed by atoms with E-state index >= 15 is 0 Å². The Morgan fingerprint density at radius 3 is 1.49 bits per heavy atom. The molecule has 0 amide bonds. The smallest absolute Gasteiger partial charge is 0.269 e. The number of nitro benzene ring substituents is 1. The molecule has 0 saturated heterocycles. The van der Waals surface area contributed by atoms with Gasteiger partial charge in [-0.25, -0.2) is 9.97 Å². The summed E-state index contributed by atoms with van der Waals surface area (Å²) in [6.07, 6.45) is 1.77. The van der Waals surface area contributed by atoms with Crippen molar-refractivity contribution >= 4 is 50.0 Å². The van der Waals surface area contributed by atoms with E-state index in [0.29, 0.717) is 0 Å². The van der Waals surface area contributed by atoms with Crippen molar-refractivity contribution in [2.45, 2.75) is 68.2 Å². The van der Waals surface area contributed by atoms with Crippen molar-refractivity contribution < 1.29 is 4.92 Å². The Bertz CT molecular complexity index is 1950. The summed E-state index contributed by atoms with van der Waals surface area (Å²) in [4.78, 5) is 28.9. The number of allylic oxidation sites excluding steroid dienone is 4. The van der Waals surface area contributed by atoms with Crippen LogP contribution in [0.5, 0.6) is 0 Å². The minimum atomic E-state index is -0.360. The molecule has 5 heterocycles. The van der Waals surface area contributed by atoms with Crippen LogP contribution in [0.25, 0.3) is 55.5 Å². The van der Waals surface area contributed by atoms with E-state index in [2.05, 4.69) is 83.6 Å². The minimum Gasteiger partial charge on any atom is -0.354 e. The van der Waals surface area contributed by atoms with Crippen LogP contribution in [0.15, 0.2) is 42.5 Å². The Morgan fingerprint density at radius 2 is 1.09 bits per heavy atom. The monoisotopic (exact) mass is 571 g/mol. The van der Waals surface area contributed by atoms with Crippen LogP contribution >= 0.6 is 0 Å². The number of aromatic nitrogens is 4. The minimum absolute atomic E-state index is 0.0664. The van der Waals surface area contributed by atoms with Crippen LogP contribution in [-0.4, -0.2) is 24.9 Å². The standard InChI is InChI=1S/C36H37N5O2/c1-9-26-22(7)30-15-28-18(3)20(5)35(39-28)34(24-11-13-25(14-12-24)41(42)43)36-21(6)19(4)29(40-36)16-31-23(8)27(10-2)33(38-31)17-32(26)37-30/h11-17,39-40H,9-10H2,1-8H3. The van der Waals surface area contributed by atoms with Gasteiger partial charge in [-0.15, -0.1) is 0 Å². The van der Waals surface area contributed by atoms with Gasteiger partial charge in [0.05, 0.1) is 38.7 Å². The van der Waals surface area contributed by atoms with Crippen molar-refractivity contribution in [3.8, 4) is 11.1 Å². The van der Waals surface area contributed by atoms with Crippen LogP contribution in [0.3, 0.4) is 0 Å². The summed E-state index contributed by atoms with van der Waals surface area (Å²) in [7, 11) is 0. The maximum Gasteiger partial charge on any atom is 0.269 e. The molecule has 8 bridgehead atoms. The molecule has 2 aliphatic heterocycles. The fourth-order valence-corrected chi connectivity index (χ4v) is 6.45. The largest absolute Gasteiger partial charge is 0.354 e. The molecule has 7 heteroatoms. The third-order valence-electron chi connectivity index (χ3n) is 9.39. The zero-order valence-electron chi connectivity index (χ0n) is 26.1. The second kappa shape index (κ2) is 10.5. The third kappa shape index (κ3) is 4.51. The van der Waals surface area contributed by atoms with Crippen LogP contribution in [0.2, 0.25) is 0 Å². The number of nitrogens with one attached hydrogen (secondary N) is 2. The summed E-state index contributed by atoms with van der Waals surface area (Å²) in [6, 6.07) is 13.3. The summed E-state index contributed by atoms with van der Waals surface area (Å²) in [5.41, 5.74) is 19.1. The topological polar surface area (TPSA) is 100 Å². The molecule has 218 valence electrons. The lowest BCUT2D eigenvalue weighted by Crippen LogP contribution is -1.89. The molecule has 1 aromatic carbocycles. The van der Waals surface area contributed by atoms with Gasteiger partial charge in [0.2, 0.25) is 0 Å². The number of rotatable bonds is 4. The molecular formula is C36H37N5O2. The summed E-state index contributed by atoms with van der Waals surface area (Å²) >= 11 is 0. The molecule has 0 saturated carbocycles. The second-order valence-corrected chi connectivity index (χ2v) is 11.6. The predicted molar refractivity (Wildman–Crippen MR) is 178 cm³/mol. The van der Waals surface area contributed by atoms with E-state index in [-0.39, 0.29) is 10.6 Å². The third-order valence-corrected chi connectivity index (χ3v) is 9.39. The van der Waals surface area contributed by atoms with Crippen LogP contribution < -0.4 is 0 Å². The molecule has 0 aliphatic carbocycles. The number of hydrogen-bond acceptors (Lipinski definition) is 4. The van der Waals surface area contributed by atoms with Gasteiger partial charge in [-0.3, -0.25) is 10.1 Å². The summed E-state index contributed by atoms with van der Waals surface area (Å²) < 4.78 is 0. The zero-order valence-corrected chi connectivity index (χ0v) is 26.1. The maximum absolute atomic E-state index is 11.5. The van der Waals surface area contributed by atoms with E-state index in [4.69, 9.17) is 9.97 Å². The Hall–Kier alpha value is -4.78. The molecule has 43 heavy (non-hydrogen) atoms. The van der Waals surface area contributed by atoms with Crippen molar-refractivity contribution in [2.75, 3.05) is 0 Å². The van der Waals surface area contributed by atoms with Crippen LogP contribution in [0.1, 0.15) is 85.6 Å². The first kappa shape index (κ1) is 28.3. The number of nitro groups is 1. The molecule has 0 atom stereocenters. The normalized spacial score (nSPS) is 13.3. The average molecular weight is 572 g/mol. The zero-order chi connectivity index (χ0) is 30.7. The van der Waals surface area contributed by atoms with Crippen molar-refractivity contribution in [1.29, 1.82) is 0 Å². The second-order valence-electron chi connectivity index (χ2n) is 11.6. The maximum atomic E-state index is 11.5. The van der Waals surface area contributed by atoms with Gasteiger partial charge >= 0.3 is 0 Å². The number of aryl methyl sites for hydroxylation is 4. The quantitative estimate of drug-likeness (QED) is 0.188. The summed E-state index contributed by atoms with van der Waals surface area (Å²) in [5, 5.41) is 11.5. The van der Waals surface area contributed by atoms with Gasteiger partial charge in [-0.05, 0) is 135 Å². The SMILES string of the molecule is CCC1=C(C)c2cc3[nH]c(c(C)c3C)c(-c3ccc([N+](=O)[O-])cc3)c3[nH]c(cc4nc(cc1n2)C(CC)=C4C)c(C)c3C. The first-order valence-electron chi connectivity index (χ1n) is 14.9. The number of hydrogen-bond donors (Lipinski definition) is 2. The van der Waals surface area contributed by atoms with Crippen LogP contribution in [-0.2, 0) is 0 Å². The number of nitrogens with zero attached hydrogens (tertiary/aromatic N) is 3. The van der Waals surface area contributed by atoms with Crippen LogP contribution in [0.4, 0.5) is 5.69 Å². The van der Waals surface area contributed by atoms with Gasteiger partial charge in [0, 0.05) is 28.7 Å². The van der Waals surface area contributed by atoms with Crippen molar-refractivity contribution in [3.05, 3.63) is 97.6 Å². The molecule has 6 rings (SSSR count). The van der Waals surface area contributed by atoms with E-state index in [1.54, 1.807) is 12.1 Å². The Labute approximate surface area is 251 Å². The van der Waals surface area contributed by atoms with E-state index in [1.807, 2.05) is 12.1 Å². The average Bonchev–Trinajstić information content (AvgIpc) is 3.64. The Balaban J connectivity index is 1.84. The predicted octanol–water partition coefficient (Wildman–Crippen LogP) is 9.81. The van der Waals surface area contributed by atoms with E-state index in [9.17, 15) is 10.1 Å². The first-order valence-corrected chi connectivity index (χ1v) is 14.9. The Kier molecular flexibility index (Phi) is 6.92. The molecule has 0 unspecified atom stereocenters. The van der Waals surface area contributed by atoms with E-state index in [0.717, 1.165) is 91.1 Å². The lowest BCUT2D eigenvalue weighted by Gasteiger charge is -2.06. The number of aromatic amines is 2. The van der Waals surface area contributed by atoms with Gasteiger partial charge in [0.25, 0.3) is 5.69 Å². The summed E-state index contributed by atoms with van der Waals surface area (Å²) in [6.45, 7) is 17.2. The number of fused-ring (bicyclic) bond motifs is 8. The molecule has 7 nitrogen and oxygen atoms in total. The molecular weight excluding hydrogens is 534 g/mol. The number of H-pyrrole nitrogens is 2. The van der Waals surface area contributed by atoms with Crippen molar-refractivity contribution in [2.24, 2.45) is 0 Å². The lowest BCUT2D eigenvalue weighted by atomic mass is 9.99. The molecule has 4 aromatic rings. The van der Waals surface area contributed by atoms with Gasteiger partial charge < -0.3 is 9.97 Å². The van der Waals surface area contributed by atoms with Gasteiger partial charge in [-0.1, -0.05) is 13.8 Å². The van der Waals surface area contributed by atoms with Gasteiger partial charge in [0.15, 0.2) is 0 Å². The first-order chi connectivity index (χ1) is 20.5. The van der Waals surface area contributed by atoms with Crippen LogP contribution in [0, 0.1) is 37.8 Å². The fourth-order valence-electron chi connectivity index (χ4n) is 6.45. The molecule has 3 aromatic heterocycles. The van der Waals surface area contributed by atoms with E-state index in [1.165, 1.54) is 22.3 Å². The Morgan fingerprint density at radius 1 is 0.651 bits per heavy atom. The lowest BCUT2D eigenvalue weighted by molar-refractivity contribution is -0.384. The molecule has 0 radical (unpaired) electrons. The van der Waals surface area contributed by atoms with Gasteiger partial charge in [0.1, 0.15) is 0 Å².